The van der Waals surface area contributed by atoms with Crippen molar-refractivity contribution in [3.8, 4) is 0 Å². The fourth-order valence-electron chi connectivity index (χ4n) is 5.57. The number of unbranched alkanes of at least 4 members (excludes halogenated alkanes) is 1. The monoisotopic (exact) mass is 452 g/mol. The van der Waals surface area contributed by atoms with E-state index in [9.17, 15) is 4.79 Å². The first kappa shape index (κ1) is 23.1. The Morgan fingerprint density at radius 2 is 1.70 bits per heavy atom. The number of fused-ring (bicyclic) bond motifs is 1. The fourth-order valence-corrected chi connectivity index (χ4v) is 5.57. The van der Waals surface area contributed by atoms with Crippen LogP contribution in [0, 0.1) is 0 Å². The maximum Gasteiger partial charge on any atom is 0.495 e. The number of carbonyl (C=O) groups excluding carboxylic acids is 1. The van der Waals surface area contributed by atoms with E-state index in [1.165, 1.54) is 5.56 Å². The Morgan fingerprint density at radius 1 is 1.03 bits per heavy atom. The lowest BCUT2D eigenvalue weighted by Gasteiger charge is -2.32. The summed E-state index contributed by atoms with van der Waals surface area (Å²) in [6.07, 6.45) is 6.99. The Morgan fingerprint density at radius 3 is 2.36 bits per heavy atom. The van der Waals surface area contributed by atoms with Gasteiger partial charge in [-0.25, -0.2) is 0 Å². The molecule has 3 heterocycles. The topological polar surface area (TPSA) is 60.4 Å². The Hall–Kier alpha value is -1.70. The molecular formula is C26H37BN2O4. The van der Waals surface area contributed by atoms with Gasteiger partial charge in [-0.1, -0.05) is 38.3 Å². The molecule has 1 saturated carbocycles. The quantitative estimate of drug-likeness (QED) is 0.606. The lowest BCUT2D eigenvalue weighted by atomic mass is 9.74. The van der Waals surface area contributed by atoms with Gasteiger partial charge in [0.2, 0.25) is 0 Å². The number of aliphatic imine (C=N–C) groups is 1. The summed E-state index contributed by atoms with van der Waals surface area (Å²) >= 11 is 0. The molecule has 1 amide bonds. The third kappa shape index (κ3) is 3.76. The van der Waals surface area contributed by atoms with Crippen LogP contribution in [0.3, 0.4) is 0 Å². The van der Waals surface area contributed by atoms with Crippen molar-refractivity contribution in [3.05, 3.63) is 28.8 Å². The molecule has 1 saturated heterocycles. The number of rotatable bonds is 6. The van der Waals surface area contributed by atoms with Gasteiger partial charge in [0.15, 0.2) is 0 Å². The van der Waals surface area contributed by atoms with Crippen molar-refractivity contribution < 1.29 is 18.8 Å². The number of carbonyl (C=O) groups is 1. The molecule has 6 nitrogen and oxygen atoms in total. The average Bonchev–Trinajstić information content (AvgIpc) is 3.51. The van der Waals surface area contributed by atoms with Gasteiger partial charge in [0, 0.05) is 6.42 Å². The first-order chi connectivity index (χ1) is 15.7. The Bertz CT molecular complexity index is 965. The van der Waals surface area contributed by atoms with Crippen molar-refractivity contribution in [1.82, 2.24) is 4.90 Å². The average molecular weight is 452 g/mol. The van der Waals surface area contributed by atoms with Gasteiger partial charge >= 0.3 is 7.12 Å². The minimum absolute atomic E-state index is 0.203. The normalized spacial score (nSPS) is 24.8. The summed E-state index contributed by atoms with van der Waals surface area (Å²) in [5.41, 5.74) is 3.26. The van der Waals surface area contributed by atoms with E-state index in [0.29, 0.717) is 19.8 Å². The smallest absolute Gasteiger partial charge is 0.399 e. The second kappa shape index (κ2) is 8.21. The predicted octanol–water partition coefficient (Wildman–Crippen LogP) is 4.26. The van der Waals surface area contributed by atoms with Gasteiger partial charge < -0.3 is 14.0 Å². The highest BCUT2D eigenvalue weighted by atomic mass is 16.7. The van der Waals surface area contributed by atoms with Crippen LogP contribution in [0.5, 0.6) is 0 Å². The van der Waals surface area contributed by atoms with Crippen LogP contribution in [0.25, 0.3) is 0 Å². The molecule has 3 aliphatic heterocycles. The minimum atomic E-state index is -0.495. The largest absolute Gasteiger partial charge is 0.495 e. The van der Waals surface area contributed by atoms with Crippen LogP contribution in [-0.4, -0.2) is 40.5 Å². The summed E-state index contributed by atoms with van der Waals surface area (Å²) in [5, 5.41) is 0. The van der Waals surface area contributed by atoms with Crippen LogP contribution in [0.4, 0.5) is 0 Å². The summed E-state index contributed by atoms with van der Waals surface area (Å²) in [6, 6.07) is 4.25. The molecule has 0 atom stereocenters. The molecule has 33 heavy (non-hydrogen) atoms. The maximum atomic E-state index is 13.6. The number of amides is 1. The standard InChI is InChI=1S/C26H37BN2O4/c1-6-7-10-22-28-26(13-8-9-14-26)23(30)29(22)15-18-11-12-21(20-17-31-16-19(18)20)27-32-24(2,3)25(4,5)33-27/h11-12H,6-10,13-17H2,1-5H3. The van der Waals surface area contributed by atoms with Crippen molar-refractivity contribution in [2.45, 2.75) is 116 Å². The van der Waals surface area contributed by atoms with Gasteiger partial charge in [-0.15, -0.1) is 0 Å². The lowest BCUT2D eigenvalue weighted by Crippen LogP contribution is -2.41. The van der Waals surface area contributed by atoms with Crippen LogP contribution in [0.15, 0.2) is 17.1 Å². The number of hydrogen-bond acceptors (Lipinski definition) is 5. The zero-order valence-corrected chi connectivity index (χ0v) is 20.8. The van der Waals surface area contributed by atoms with Gasteiger partial charge in [-0.2, -0.15) is 0 Å². The minimum Gasteiger partial charge on any atom is -0.399 e. The fraction of sp³-hybridized carbons (Fsp3) is 0.692. The van der Waals surface area contributed by atoms with E-state index in [1.807, 2.05) is 4.90 Å². The Kier molecular flexibility index (Phi) is 5.74. The van der Waals surface area contributed by atoms with Crippen molar-refractivity contribution in [2.24, 2.45) is 4.99 Å². The van der Waals surface area contributed by atoms with E-state index in [-0.39, 0.29) is 17.1 Å². The van der Waals surface area contributed by atoms with Gasteiger partial charge in [-0.3, -0.25) is 14.7 Å². The highest BCUT2D eigenvalue weighted by Crippen LogP contribution is 2.41. The number of benzene rings is 1. The van der Waals surface area contributed by atoms with Crippen LogP contribution in [-0.2, 0) is 38.6 Å². The molecule has 0 N–H and O–H groups in total. The maximum absolute atomic E-state index is 13.6. The molecule has 5 rings (SSSR count). The van der Waals surface area contributed by atoms with Gasteiger partial charge in [-0.05, 0) is 69.1 Å². The summed E-state index contributed by atoms with van der Waals surface area (Å²) in [5.74, 6) is 1.18. The number of hydrogen-bond donors (Lipinski definition) is 0. The molecule has 1 aromatic carbocycles. The van der Waals surface area contributed by atoms with Crippen molar-refractivity contribution in [1.29, 1.82) is 0 Å². The van der Waals surface area contributed by atoms with Crippen LogP contribution in [0.1, 0.15) is 96.3 Å². The molecule has 1 aliphatic carbocycles. The molecule has 1 aromatic rings. The van der Waals surface area contributed by atoms with Crippen molar-refractivity contribution in [3.63, 3.8) is 0 Å². The number of amidine groups is 1. The molecule has 178 valence electrons. The SMILES string of the molecule is CCCCC1=NC2(CCCC2)C(=O)N1Cc1ccc(B2OC(C)(C)C(C)(C)O2)c2c1COC2. The Balaban J connectivity index is 1.43. The van der Waals surface area contributed by atoms with Crippen molar-refractivity contribution in [2.75, 3.05) is 0 Å². The molecule has 0 radical (unpaired) electrons. The molecule has 7 heteroatoms. The zero-order chi connectivity index (χ0) is 23.4. The van der Waals surface area contributed by atoms with Crippen LogP contribution < -0.4 is 5.46 Å². The zero-order valence-electron chi connectivity index (χ0n) is 20.8. The van der Waals surface area contributed by atoms with E-state index >= 15 is 0 Å². The molecule has 4 aliphatic rings. The second-order valence-electron chi connectivity index (χ2n) is 11.1. The molecule has 1 spiro atoms. The number of nitrogens with zero attached hydrogens (tertiary/aromatic N) is 2. The first-order valence-corrected chi connectivity index (χ1v) is 12.6. The second-order valence-corrected chi connectivity index (χ2v) is 11.1. The Labute approximate surface area is 198 Å². The predicted molar refractivity (Wildman–Crippen MR) is 129 cm³/mol. The van der Waals surface area contributed by atoms with Gasteiger partial charge in [0.05, 0.1) is 31.0 Å². The van der Waals surface area contributed by atoms with E-state index in [2.05, 4.69) is 46.8 Å². The molecule has 0 bridgehead atoms. The van der Waals surface area contributed by atoms with E-state index < -0.39 is 12.7 Å². The number of ether oxygens (including phenoxy) is 1. The summed E-state index contributed by atoms with van der Waals surface area (Å²) < 4.78 is 18.5. The van der Waals surface area contributed by atoms with Crippen LogP contribution in [0.2, 0.25) is 0 Å². The molecule has 0 unspecified atom stereocenters. The van der Waals surface area contributed by atoms with E-state index in [0.717, 1.165) is 67.4 Å². The summed E-state index contributed by atoms with van der Waals surface area (Å²) in [4.78, 5) is 20.6. The van der Waals surface area contributed by atoms with E-state index in [1.54, 1.807) is 0 Å². The highest BCUT2D eigenvalue weighted by Gasteiger charge is 2.53. The van der Waals surface area contributed by atoms with E-state index in [4.69, 9.17) is 19.0 Å². The van der Waals surface area contributed by atoms with Gasteiger partial charge in [0.25, 0.3) is 5.91 Å². The summed E-state index contributed by atoms with van der Waals surface area (Å²) in [7, 11) is -0.406. The molecule has 0 aromatic heterocycles. The third-order valence-electron chi connectivity index (χ3n) is 8.38. The van der Waals surface area contributed by atoms with Crippen LogP contribution >= 0.6 is 0 Å². The third-order valence-corrected chi connectivity index (χ3v) is 8.38. The van der Waals surface area contributed by atoms with Gasteiger partial charge in [0.1, 0.15) is 11.4 Å². The summed E-state index contributed by atoms with van der Waals surface area (Å²) in [6.45, 7) is 12.2. The van der Waals surface area contributed by atoms with Crippen molar-refractivity contribution >= 4 is 24.3 Å². The highest BCUT2D eigenvalue weighted by molar-refractivity contribution is 6.62. The molecular weight excluding hydrogens is 415 g/mol. The molecule has 2 fully saturated rings. The first-order valence-electron chi connectivity index (χ1n) is 12.6. The lowest BCUT2D eigenvalue weighted by molar-refractivity contribution is -0.131.